The first-order valence-corrected chi connectivity index (χ1v) is 9.57. The van der Waals surface area contributed by atoms with Crippen LogP contribution in [-0.2, 0) is 12.8 Å². The van der Waals surface area contributed by atoms with Gasteiger partial charge in [-0.25, -0.2) is 0 Å². The highest BCUT2D eigenvalue weighted by molar-refractivity contribution is 5.36. The van der Waals surface area contributed by atoms with Crippen LogP contribution >= 0.6 is 0 Å². The van der Waals surface area contributed by atoms with Gasteiger partial charge in [0, 0.05) is 0 Å². The molecule has 0 bridgehead atoms. The molecule has 0 saturated heterocycles. The van der Waals surface area contributed by atoms with E-state index < -0.39 is 0 Å². The Bertz CT molecular complexity index is 471. The lowest BCUT2D eigenvalue weighted by Gasteiger charge is -2.36. The molecule has 1 atom stereocenters. The first kappa shape index (κ1) is 15.9. The van der Waals surface area contributed by atoms with Gasteiger partial charge in [0.15, 0.2) is 0 Å². The van der Waals surface area contributed by atoms with Crippen LogP contribution in [0, 0.1) is 17.8 Å². The molecular formula is C21H32O. The Morgan fingerprint density at radius 2 is 1.77 bits per heavy atom. The molecule has 2 aliphatic rings. The van der Waals surface area contributed by atoms with Crippen molar-refractivity contribution in [1.82, 2.24) is 0 Å². The van der Waals surface area contributed by atoms with Gasteiger partial charge in [-0.15, -0.1) is 0 Å². The average Bonchev–Trinajstić information content (AvgIpc) is 2.55. The number of aromatic hydroxyl groups is 1. The Morgan fingerprint density at radius 1 is 0.955 bits per heavy atom. The number of rotatable bonds is 5. The highest BCUT2D eigenvalue weighted by atomic mass is 16.3. The lowest BCUT2D eigenvalue weighted by molar-refractivity contribution is 0.183. The average molecular weight is 300 g/mol. The SMILES string of the molecule is CCCCCC1CCC(C2CCc3cc(O)ccc3C2)CC1. The van der Waals surface area contributed by atoms with Crippen molar-refractivity contribution in [3.8, 4) is 5.75 Å². The summed E-state index contributed by atoms with van der Waals surface area (Å²) in [5, 5.41) is 9.62. The van der Waals surface area contributed by atoms with E-state index in [0.717, 1.165) is 17.8 Å². The molecule has 1 aromatic carbocycles. The van der Waals surface area contributed by atoms with Gasteiger partial charge in [0.05, 0.1) is 0 Å². The molecule has 0 radical (unpaired) electrons. The molecule has 1 nitrogen and oxygen atoms in total. The van der Waals surface area contributed by atoms with Crippen LogP contribution in [0.2, 0.25) is 0 Å². The van der Waals surface area contributed by atoms with E-state index >= 15 is 0 Å². The van der Waals surface area contributed by atoms with Crippen LogP contribution in [0.4, 0.5) is 0 Å². The lowest BCUT2D eigenvalue weighted by atomic mass is 9.69. The molecule has 1 heteroatoms. The summed E-state index contributed by atoms with van der Waals surface area (Å²) in [5.41, 5.74) is 2.89. The summed E-state index contributed by atoms with van der Waals surface area (Å²) in [6.45, 7) is 2.30. The molecular weight excluding hydrogens is 268 g/mol. The molecule has 122 valence electrons. The van der Waals surface area contributed by atoms with Crippen molar-refractivity contribution < 1.29 is 5.11 Å². The molecule has 1 fully saturated rings. The smallest absolute Gasteiger partial charge is 0.115 e. The molecule has 1 aromatic rings. The quantitative estimate of drug-likeness (QED) is 0.673. The molecule has 1 N–H and O–H groups in total. The van der Waals surface area contributed by atoms with Crippen molar-refractivity contribution in [2.24, 2.45) is 17.8 Å². The van der Waals surface area contributed by atoms with Gasteiger partial charge < -0.3 is 5.11 Å². The van der Waals surface area contributed by atoms with Crippen molar-refractivity contribution in [1.29, 1.82) is 0 Å². The van der Waals surface area contributed by atoms with E-state index in [1.807, 2.05) is 12.1 Å². The van der Waals surface area contributed by atoms with Crippen LogP contribution in [-0.4, -0.2) is 5.11 Å². The lowest BCUT2D eigenvalue weighted by Crippen LogP contribution is -2.26. The molecule has 0 aliphatic heterocycles. The van der Waals surface area contributed by atoms with E-state index in [2.05, 4.69) is 13.0 Å². The molecule has 2 aliphatic carbocycles. The highest BCUT2D eigenvalue weighted by Gasteiger charge is 2.29. The van der Waals surface area contributed by atoms with Gasteiger partial charge in [-0.2, -0.15) is 0 Å². The van der Waals surface area contributed by atoms with E-state index in [-0.39, 0.29) is 0 Å². The third-order valence-electron chi connectivity index (χ3n) is 6.23. The zero-order valence-corrected chi connectivity index (χ0v) is 14.2. The van der Waals surface area contributed by atoms with Gasteiger partial charge >= 0.3 is 0 Å². The summed E-state index contributed by atoms with van der Waals surface area (Å²) < 4.78 is 0. The zero-order valence-electron chi connectivity index (χ0n) is 14.2. The molecule has 0 heterocycles. The molecule has 0 amide bonds. The summed E-state index contributed by atoms with van der Waals surface area (Å²) in [4.78, 5) is 0. The van der Waals surface area contributed by atoms with Crippen molar-refractivity contribution >= 4 is 0 Å². The van der Waals surface area contributed by atoms with Gasteiger partial charge in [-0.3, -0.25) is 0 Å². The predicted octanol–water partition coefficient (Wildman–Crippen LogP) is 5.88. The van der Waals surface area contributed by atoms with Gasteiger partial charge in [-0.1, -0.05) is 51.5 Å². The molecule has 0 spiro atoms. The summed E-state index contributed by atoms with van der Waals surface area (Å²) in [7, 11) is 0. The van der Waals surface area contributed by atoms with Gasteiger partial charge in [-0.05, 0) is 73.1 Å². The maximum absolute atomic E-state index is 9.62. The zero-order chi connectivity index (χ0) is 15.4. The van der Waals surface area contributed by atoms with E-state index in [4.69, 9.17) is 0 Å². The van der Waals surface area contributed by atoms with Gasteiger partial charge in [0.2, 0.25) is 0 Å². The number of phenols is 1. The van der Waals surface area contributed by atoms with Crippen LogP contribution in [0.25, 0.3) is 0 Å². The minimum atomic E-state index is 0.435. The summed E-state index contributed by atoms with van der Waals surface area (Å²) in [6.07, 6.45) is 15.4. The van der Waals surface area contributed by atoms with E-state index in [1.54, 1.807) is 0 Å². The van der Waals surface area contributed by atoms with Crippen LogP contribution in [0.3, 0.4) is 0 Å². The Morgan fingerprint density at radius 3 is 2.55 bits per heavy atom. The number of benzene rings is 1. The third kappa shape index (κ3) is 3.86. The Kier molecular flexibility index (Phi) is 5.44. The summed E-state index contributed by atoms with van der Waals surface area (Å²) >= 11 is 0. The fourth-order valence-corrected chi connectivity index (χ4v) is 4.80. The minimum absolute atomic E-state index is 0.435. The fourth-order valence-electron chi connectivity index (χ4n) is 4.80. The van der Waals surface area contributed by atoms with E-state index in [0.29, 0.717) is 5.75 Å². The maximum Gasteiger partial charge on any atom is 0.115 e. The van der Waals surface area contributed by atoms with Crippen molar-refractivity contribution in [3.63, 3.8) is 0 Å². The molecule has 0 aromatic heterocycles. The third-order valence-corrected chi connectivity index (χ3v) is 6.23. The largest absolute Gasteiger partial charge is 0.508 e. The Balaban J connectivity index is 1.49. The van der Waals surface area contributed by atoms with Gasteiger partial charge in [0.1, 0.15) is 5.75 Å². The number of hydrogen-bond acceptors (Lipinski definition) is 1. The number of phenolic OH excluding ortho intramolecular Hbond substituents is 1. The van der Waals surface area contributed by atoms with Crippen LogP contribution in [0.5, 0.6) is 5.75 Å². The van der Waals surface area contributed by atoms with Crippen LogP contribution in [0.1, 0.15) is 75.8 Å². The topological polar surface area (TPSA) is 20.2 Å². The number of unbranched alkanes of at least 4 members (excludes halogenated alkanes) is 2. The molecule has 22 heavy (non-hydrogen) atoms. The second kappa shape index (κ2) is 7.53. The van der Waals surface area contributed by atoms with Crippen LogP contribution < -0.4 is 0 Å². The van der Waals surface area contributed by atoms with Crippen LogP contribution in [0.15, 0.2) is 18.2 Å². The second-order valence-corrected chi connectivity index (χ2v) is 7.73. The predicted molar refractivity (Wildman–Crippen MR) is 93.2 cm³/mol. The Labute approximate surface area is 136 Å². The van der Waals surface area contributed by atoms with Crippen molar-refractivity contribution in [2.45, 2.75) is 77.6 Å². The first-order valence-electron chi connectivity index (χ1n) is 9.57. The first-order chi connectivity index (χ1) is 10.8. The maximum atomic E-state index is 9.62. The number of aryl methyl sites for hydroxylation is 1. The van der Waals surface area contributed by atoms with Gasteiger partial charge in [0.25, 0.3) is 0 Å². The fraction of sp³-hybridized carbons (Fsp3) is 0.714. The standard InChI is InChI=1S/C21H32O/c1-2-3-4-5-16-6-8-17(9-7-16)18-10-11-20-15-21(22)13-12-19(20)14-18/h12-13,15-18,22H,2-11,14H2,1H3. The summed E-state index contributed by atoms with van der Waals surface area (Å²) in [6, 6.07) is 6.01. The van der Waals surface area contributed by atoms with Crippen molar-refractivity contribution in [3.05, 3.63) is 29.3 Å². The Hall–Kier alpha value is -0.980. The van der Waals surface area contributed by atoms with Crippen molar-refractivity contribution in [2.75, 3.05) is 0 Å². The minimum Gasteiger partial charge on any atom is -0.508 e. The van der Waals surface area contributed by atoms with E-state index in [9.17, 15) is 5.11 Å². The molecule has 1 unspecified atom stereocenters. The summed E-state index contributed by atoms with van der Waals surface area (Å²) in [5.74, 6) is 3.32. The van der Waals surface area contributed by atoms with E-state index in [1.165, 1.54) is 81.8 Å². The number of fused-ring (bicyclic) bond motifs is 1. The highest BCUT2D eigenvalue weighted by Crippen LogP contribution is 2.41. The molecule has 1 saturated carbocycles. The second-order valence-electron chi connectivity index (χ2n) is 7.73. The number of hydrogen-bond donors (Lipinski definition) is 1. The molecule has 3 rings (SSSR count). The normalized spacial score (nSPS) is 28.3. The monoisotopic (exact) mass is 300 g/mol.